The molecule has 0 saturated heterocycles. The molecule has 0 aliphatic heterocycles. The average molecular weight is 268 g/mol. The van der Waals surface area contributed by atoms with Crippen molar-refractivity contribution in [3.8, 4) is 0 Å². The van der Waals surface area contributed by atoms with E-state index in [9.17, 15) is 4.39 Å². The highest BCUT2D eigenvalue weighted by atomic mass is 35.5. The van der Waals surface area contributed by atoms with Gasteiger partial charge in [-0.1, -0.05) is 23.7 Å². The fourth-order valence-corrected chi connectivity index (χ4v) is 2.29. The summed E-state index contributed by atoms with van der Waals surface area (Å²) in [4.78, 5) is 0. The first-order valence-electron chi connectivity index (χ1n) is 5.83. The zero-order chi connectivity index (χ0) is 13.1. The summed E-state index contributed by atoms with van der Waals surface area (Å²) in [6.07, 6.45) is 2.12. The molecule has 1 heterocycles. The van der Waals surface area contributed by atoms with E-state index >= 15 is 0 Å². The topological polar surface area (TPSA) is 43.8 Å². The summed E-state index contributed by atoms with van der Waals surface area (Å²) in [7, 11) is 0. The lowest BCUT2D eigenvalue weighted by atomic mass is 10.0. The van der Waals surface area contributed by atoms with Crippen molar-refractivity contribution in [2.24, 2.45) is 5.73 Å². The number of nitrogens with two attached hydrogens (primary N) is 1. The van der Waals surface area contributed by atoms with Crippen LogP contribution in [0.3, 0.4) is 0 Å². The van der Waals surface area contributed by atoms with Gasteiger partial charge in [0.15, 0.2) is 0 Å². The lowest BCUT2D eigenvalue weighted by Gasteiger charge is -2.14. The largest absolute Gasteiger partial charge is 0.322 e. The smallest absolute Gasteiger partial charge is 0.123 e. The zero-order valence-corrected chi connectivity index (χ0v) is 10.9. The van der Waals surface area contributed by atoms with E-state index in [1.807, 2.05) is 13.0 Å². The third kappa shape index (κ3) is 2.71. The van der Waals surface area contributed by atoms with Crippen molar-refractivity contribution >= 4 is 11.6 Å². The van der Waals surface area contributed by atoms with Gasteiger partial charge in [-0.15, -0.1) is 0 Å². The third-order valence-corrected chi connectivity index (χ3v) is 3.12. The van der Waals surface area contributed by atoms with Crippen molar-refractivity contribution < 1.29 is 4.39 Å². The minimum absolute atomic E-state index is 0.255. The van der Waals surface area contributed by atoms with Crippen LogP contribution in [0.1, 0.15) is 24.2 Å². The Kier molecular flexibility index (Phi) is 3.99. The standard InChI is InChI=1S/C13H15ClFN3/c1-2-18-13(11(14)8-17-18)12(16)7-9-4-3-5-10(15)6-9/h3-6,8,12H,2,7,16H2,1H3. The predicted molar refractivity (Wildman–Crippen MR) is 69.9 cm³/mol. The number of halogens is 2. The fourth-order valence-electron chi connectivity index (χ4n) is 2.01. The number of benzene rings is 1. The Hall–Kier alpha value is -1.39. The SMILES string of the molecule is CCn1ncc(Cl)c1C(N)Cc1cccc(F)c1. The molecule has 1 aromatic heterocycles. The molecule has 0 radical (unpaired) electrons. The fraction of sp³-hybridized carbons (Fsp3) is 0.308. The number of nitrogens with zero attached hydrogens (tertiary/aromatic N) is 2. The average Bonchev–Trinajstić information content (AvgIpc) is 2.70. The molecule has 0 spiro atoms. The first kappa shape index (κ1) is 13.1. The van der Waals surface area contributed by atoms with Crippen molar-refractivity contribution in [2.45, 2.75) is 25.9 Å². The molecule has 5 heteroatoms. The first-order chi connectivity index (χ1) is 8.61. The molecule has 0 aliphatic carbocycles. The Bertz CT molecular complexity index is 539. The summed E-state index contributed by atoms with van der Waals surface area (Å²) in [5, 5.41) is 4.70. The molecule has 2 aromatic rings. The summed E-state index contributed by atoms with van der Waals surface area (Å²) in [5.41, 5.74) is 7.78. The molecule has 96 valence electrons. The quantitative estimate of drug-likeness (QED) is 0.926. The minimum Gasteiger partial charge on any atom is -0.322 e. The number of aromatic nitrogens is 2. The normalized spacial score (nSPS) is 12.7. The van der Waals surface area contributed by atoms with Gasteiger partial charge < -0.3 is 5.73 Å². The van der Waals surface area contributed by atoms with Crippen LogP contribution in [0, 0.1) is 5.82 Å². The highest BCUT2D eigenvalue weighted by Crippen LogP contribution is 2.24. The highest BCUT2D eigenvalue weighted by Gasteiger charge is 2.16. The number of aryl methyl sites for hydroxylation is 1. The van der Waals surface area contributed by atoms with Crippen molar-refractivity contribution in [2.75, 3.05) is 0 Å². The van der Waals surface area contributed by atoms with Crippen LogP contribution in [0.5, 0.6) is 0 Å². The number of rotatable bonds is 4. The second-order valence-corrected chi connectivity index (χ2v) is 4.54. The Labute approximate surface area is 110 Å². The molecule has 0 fully saturated rings. The lowest BCUT2D eigenvalue weighted by molar-refractivity contribution is 0.566. The van der Waals surface area contributed by atoms with Crippen LogP contribution in [-0.4, -0.2) is 9.78 Å². The van der Waals surface area contributed by atoms with E-state index < -0.39 is 0 Å². The molecule has 0 amide bonds. The van der Waals surface area contributed by atoms with Gasteiger partial charge in [-0.25, -0.2) is 4.39 Å². The lowest BCUT2D eigenvalue weighted by Crippen LogP contribution is -2.18. The maximum atomic E-state index is 13.1. The molecular formula is C13H15ClFN3. The maximum Gasteiger partial charge on any atom is 0.123 e. The minimum atomic E-state index is -0.290. The molecule has 2 N–H and O–H groups in total. The van der Waals surface area contributed by atoms with Crippen LogP contribution in [0.4, 0.5) is 4.39 Å². The van der Waals surface area contributed by atoms with Crippen LogP contribution in [0.2, 0.25) is 5.02 Å². The molecule has 18 heavy (non-hydrogen) atoms. The molecule has 0 aliphatic rings. The Morgan fingerprint density at radius 3 is 2.94 bits per heavy atom. The molecule has 0 saturated carbocycles. The maximum absolute atomic E-state index is 13.1. The first-order valence-corrected chi connectivity index (χ1v) is 6.20. The van der Waals surface area contributed by atoms with Gasteiger partial charge in [0.05, 0.1) is 23.0 Å². The van der Waals surface area contributed by atoms with E-state index in [-0.39, 0.29) is 11.9 Å². The summed E-state index contributed by atoms with van der Waals surface area (Å²) in [6.45, 7) is 2.68. The predicted octanol–water partition coefficient (Wildman–Crippen LogP) is 2.94. The highest BCUT2D eigenvalue weighted by molar-refractivity contribution is 6.31. The van der Waals surface area contributed by atoms with E-state index in [0.717, 1.165) is 11.3 Å². The molecule has 3 nitrogen and oxygen atoms in total. The van der Waals surface area contributed by atoms with Gasteiger partial charge in [-0.2, -0.15) is 5.10 Å². The van der Waals surface area contributed by atoms with E-state index in [1.54, 1.807) is 16.9 Å². The van der Waals surface area contributed by atoms with Crippen LogP contribution < -0.4 is 5.73 Å². The Balaban J connectivity index is 2.21. The molecule has 1 atom stereocenters. The van der Waals surface area contributed by atoms with Crippen molar-refractivity contribution in [1.82, 2.24) is 9.78 Å². The van der Waals surface area contributed by atoms with Gasteiger partial charge in [0, 0.05) is 6.54 Å². The van der Waals surface area contributed by atoms with E-state index in [2.05, 4.69) is 5.10 Å². The second-order valence-electron chi connectivity index (χ2n) is 4.13. The Morgan fingerprint density at radius 2 is 2.28 bits per heavy atom. The molecule has 2 rings (SSSR count). The summed E-state index contributed by atoms with van der Waals surface area (Å²) in [6, 6.07) is 6.14. The summed E-state index contributed by atoms with van der Waals surface area (Å²) >= 11 is 6.08. The van der Waals surface area contributed by atoms with Gasteiger partial charge in [-0.3, -0.25) is 4.68 Å². The molecular weight excluding hydrogens is 253 g/mol. The van der Waals surface area contributed by atoms with Gasteiger partial charge in [0.2, 0.25) is 0 Å². The third-order valence-electron chi connectivity index (χ3n) is 2.83. The van der Waals surface area contributed by atoms with E-state index in [0.29, 0.717) is 18.0 Å². The van der Waals surface area contributed by atoms with Crippen LogP contribution in [-0.2, 0) is 13.0 Å². The molecule has 1 unspecified atom stereocenters. The van der Waals surface area contributed by atoms with E-state index in [4.69, 9.17) is 17.3 Å². The molecule has 0 bridgehead atoms. The van der Waals surface area contributed by atoms with Crippen molar-refractivity contribution in [3.63, 3.8) is 0 Å². The van der Waals surface area contributed by atoms with Gasteiger partial charge >= 0.3 is 0 Å². The number of hydrogen-bond donors (Lipinski definition) is 1. The van der Waals surface area contributed by atoms with E-state index in [1.165, 1.54) is 12.1 Å². The van der Waals surface area contributed by atoms with Gasteiger partial charge in [-0.05, 0) is 31.0 Å². The van der Waals surface area contributed by atoms with Crippen LogP contribution in [0.15, 0.2) is 30.5 Å². The summed E-state index contributed by atoms with van der Waals surface area (Å²) < 4.78 is 14.9. The van der Waals surface area contributed by atoms with Gasteiger partial charge in [0.1, 0.15) is 5.82 Å². The molecule has 1 aromatic carbocycles. The summed E-state index contributed by atoms with van der Waals surface area (Å²) in [5.74, 6) is -0.255. The van der Waals surface area contributed by atoms with Crippen molar-refractivity contribution in [1.29, 1.82) is 0 Å². The van der Waals surface area contributed by atoms with Crippen LogP contribution >= 0.6 is 11.6 Å². The number of hydrogen-bond acceptors (Lipinski definition) is 2. The monoisotopic (exact) mass is 267 g/mol. The van der Waals surface area contributed by atoms with Crippen molar-refractivity contribution in [3.05, 3.63) is 52.6 Å². The Morgan fingerprint density at radius 1 is 1.50 bits per heavy atom. The zero-order valence-electron chi connectivity index (χ0n) is 10.1. The van der Waals surface area contributed by atoms with Gasteiger partial charge in [0.25, 0.3) is 0 Å². The second kappa shape index (κ2) is 5.50. The van der Waals surface area contributed by atoms with Crippen LogP contribution in [0.25, 0.3) is 0 Å².